The molecule has 1 atom stereocenters. The van der Waals surface area contributed by atoms with Crippen molar-refractivity contribution in [1.82, 2.24) is 15.5 Å². The number of hydrogen-bond donors (Lipinski definition) is 2. The van der Waals surface area contributed by atoms with E-state index in [9.17, 15) is 9.59 Å². The van der Waals surface area contributed by atoms with Gasteiger partial charge in [-0.15, -0.1) is 0 Å². The van der Waals surface area contributed by atoms with Crippen LogP contribution in [0.3, 0.4) is 0 Å². The number of hydrogen-bond acceptors (Lipinski definition) is 5. The van der Waals surface area contributed by atoms with Gasteiger partial charge in [-0.1, -0.05) is 18.2 Å². The molecule has 156 valence electrons. The van der Waals surface area contributed by atoms with Crippen LogP contribution in [0.1, 0.15) is 47.6 Å². The van der Waals surface area contributed by atoms with E-state index in [1.807, 2.05) is 29.0 Å². The molecule has 0 aliphatic carbocycles. The monoisotopic (exact) mass is 415 g/mol. The first kappa shape index (κ1) is 21.3. The molecule has 2 amide bonds. The number of rotatable bonds is 10. The van der Waals surface area contributed by atoms with Crippen LogP contribution >= 0.6 is 11.3 Å². The first-order chi connectivity index (χ1) is 14.2. The molecule has 3 rings (SSSR count). The van der Waals surface area contributed by atoms with Crippen LogP contribution in [0, 0.1) is 0 Å². The second-order valence-electron chi connectivity index (χ2n) is 7.18. The molecule has 1 fully saturated rings. The number of carbonyl (C=O) groups is 2. The summed E-state index contributed by atoms with van der Waals surface area (Å²) in [6.07, 6.45) is 3.38. The fourth-order valence-electron chi connectivity index (χ4n) is 3.68. The van der Waals surface area contributed by atoms with Crippen molar-refractivity contribution in [3.05, 3.63) is 52.2 Å². The van der Waals surface area contributed by atoms with Crippen molar-refractivity contribution in [2.45, 2.75) is 31.7 Å². The van der Waals surface area contributed by atoms with E-state index < -0.39 is 0 Å². The Kier molecular flexibility index (Phi) is 8.07. The van der Waals surface area contributed by atoms with E-state index in [2.05, 4.69) is 21.6 Å². The van der Waals surface area contributed by atoms with E-state index in [1.165, 1.54) is 24.2 Å². The normalized spacial score (nSPS) is 15.1. The Bertz CT molecular complexity index is 788. The highest BCUT2D eigenvalue weighted by molar-refractivity contribution is 7.08. The van der Waals surface area contributed by atoms with E-state index >= 15 is 0 Å². The quantitative estimate of drug-likeness (QED) is 0.585. The minimum absolute atomic E-state index is 0.00822. The lowest BCUT2D eigenvalue weighted by Crippen LogP contribution is -2.37. The lowest BCUT2D eigenvalue weighted by Gasteiger charge is -2.29. The molecule has 0 spiro atoms. The fraction of sp³-hybridized carbons (Fsp3) is 0.455. The number of benzene rings is 1. The molecule has 1 saturated heterocycles. The van der Waals surface area contributed by atoms with Crippen LogP contribution in [-0.2, 0) is 4.79 Å². The number of nitrogens with one attached hydrogen (secondary N) is 2. The summed E-state index contributed by atoms with van der Waals surface area (Å²) < 4.78 is 5.55. The SMILES string of the molecule is COc1ccccc1C(CNC(=O)CCCNC(=O)c1ccsc1)N1CCCC1. The van der Waals surface area contributed by atoms with Crippen molar-refractivity contribution < 1.29 is 14.3 Å². The van der Waals surface area contributed by atoms with Crippen LogP contribution in [0.5, 0.6) is 5.75 Å². The van der Waals surface area contributed by atoms with Crippen molar-refractivity contribution in [3.63, 3.8) is 0 Å². The molecule has 1 aromatic heterocycles. The molecular weight excluding hydrogens is 386 g/mol. The summed E-state index contributed by atoms with van der Waals surface area (Å²) in [5, 5.41) is 9.63. The van der Waals surface area contributed by atoms with E-state index in [0.717, 1.165) is 24.4 Å². The van der Waals surface area contributed by atoms with Gasteiger partial charge in [-0.05, 0) is 49.9 Å². The van der Waals surface area contributed by atoms with Crippen LogP contribution < -0.4 is 15.4 Å². The Morgan fingerprint density at radius 1 is 1.17 bits per heavy atom. The number of para-hydroxylation sites is 1. The molecule has 0 bridgehead atoms. The predicted molar refractivity (Wildman–Crippen MR) is 115 cm³/mol. The third-order valence-corrected chi connectivity index (χ3v) is 5.90. The van der Waals surface area contributed by atoms with Gasteiger partial charge in [0.05, 0.1) is 13.2 Å². The highest BCUT2D eigenvalue weighted by atomic mass is 32.1. The molecule has 1 aliphatic heterocycles. The first-order valence-electron chi connectivity index (χ1n) is 10.1. The number of methoxy groups -OCH3 is 1. The number of thiophene rings is 1. The van der Waals surface area contributed by atoms with Gasteiger partial charge in [0.15, 0.2) is 0 Å². The van der Waals surface area contributed by atoms with Gasteiger partial charge in [-0.2, -0.15) is 11.3 Å². The second kappa shape index (κ2) is 11.0. The standard InChI is InChI=1S/C22H29N3O3S/c1-28-20-8-3-2-7-18(20)19(25-12-4-5-13-25)15-24-21(26)9-6-11-23-22(27)17-10-14-29-16-17/h2-3,7-8,10,14,16,19H,4-6,9,11-13,15H2,1H3,(H,23,27)(H,24,26). The molecule has 2 heterocycles. The number of nitrogens with zero attached hydrogens (tertiary/aromatic N) is 1. The molecule has 2 aromatic rings. The minimum Gasteiger partial charge on any atom is -0.496 e. The summed E-state index contributed by atoms with van der Waals surface area (Å²) in [5.41, 5.74) is 1.78. The van der Waals surface area contributed by atoms with Crippen molar-refractivity contribution in [1.29, 1.82) is 0 Å². The zero-order valence-corrected chi connectivity index (χ0v) is 17.7. The molecule has 0 saturated carbocycles. The zero-order chi connectivity index (χ0) is 20.5. The van der Waals surface area contributed by atoms with E-state index in [0.29, 0.717) is 31.5 Å². The fourth-order valence-corrected chi connectivity index (χ4v) is 4.31. The third kappa shape index (κ3) is 6.05. The van der Waals surface area contributed by atoms with E-state index in [1.54, 1.807) is 13.2 Å². The average molecular weight is 416 g/mol. The van der Waals surface area contributed by atoms with Crippen LogP contribution in [0.15, 0.2) is 41.1 Å². The van der Waals surface area contributed by atoms with Crippen molar-refractivity contribution >= 4 is 23.2 Å². The number of ether oxygens (including phenoxy) is 1. The van der Waals surface area contributed by atoms with Crippen molar-refractivity contribution in [3.8, 4) is 5.75 Å². The summed E-state index contributed by atoms with van der Waals surface area (Å²) in [4.78, 5) is 26.7. The first-order valence-corrected chi connectivity index (χ1v) is 11.1. The highest BCUT2D eigenvalue weighted by Gasteiger charge is 2.26. The predicted octanol–water partition coefficient (Wildman–Crippen LogP) is 3.22. The molecule has 1 aliphatic rings. The maximum absolute atomic E-state index is 12.3. The maximum atomic E-state index is 12.3. The van der Waals surface area contributed by atoms with Crippen LogP contribution in [0.2, 0.25) is 0 Å². The smallest absolute Gasteiger partial charge is 0.252 e. The van der Waals surface area contributed by atoms with Gasteiger partial charge in [-0.3, -0.25) is 14.5 Å². The minimum atomic E-state index is -0.0862. The second-order valence-corrected chi connectivity index (χ2v) is 7.96. The van der Waals surface area contributed by atoms with Gasteiger partial charge < -0.3 is 15.4 Å². The lowest BCUT2D eigenvalue weighted by atomic mass is 10.0. The average Bonchev–Trinajstić information content (AvgIpc) is 3.46. The summed E-state index contributed by atoms with van der Waals surface area (Å²) >= 11 is 1.49. The number of amides is 2. The Morgan fingerprint density at radius 2 is 1.97 bits per heavy atom. The summed E-state index contributed by atoms with van der Waals surface area (Å²) in [6, 6.07) is 9.93. The third-order valence-electron chi connectivity index (χ3n) is 5.22. The molecular formula is C22H29N3O3S. The Morgan fingerprint density at radius 3 is 2.69 bits per heavy atom. The van der Waals surface area contributed by atoms with Gasteiger partial charge in [0, 0.05) is 36.0 Å². The zero-order valence-electron chi connectivity index (χ0n) is 16.9. The summed E-state index contributed by atoms with van der Waals surface area (Å²) in [6.45, 7) is 3.12. The van der Waals surface area contributed by atoms with E-state index in [-0.39, 0.29) is 17.9 Å². The van der Waals surface area contributed by atoms with Gasteiger partial charge in [0.1, 0.15) is 5.75 Å². The topological polar surface area (TPSA) is 70.7 Å². The highest BCUT2D eigenvalue weighted by Crippen LogP contribution is 2.31. The molecule has 1 aromatic carbocycles. The molecule has 1 unspecified atom stereocenters. The summed E-state index contributed by atoms with van der Waals surface area (Å²) in [5.74, 6) is 0.778. The van der Waals surface area contributed by atoms with Crippen molar-refractivity contribution in [2.75, 3.05) is 33.3 Å². The van der Waals surface area contributed by atoms with Crippen molar-refractivity contribution in [2.24, 2.45) is 0 Å². The largest absolute Gasteiger partial charge is 0.496 e. The Hall–Kier alpha value is -2.38. The molecule has 0 radical (unpaired) electrons. The molecule has 29 heavy (non-hydrogen) atoms. The van der Waals surface area contributed by atoms with Gasteiger partial charge >= 0.3 is 0 Å². The van der Waals surface area contributed by atoms with Crippen LogP contribution in [0.4, 0.5) is 0 Å². The van der Waals surface area contributed by atoms with Gasteiger partial charge in [0.2, 0.25) is 5.91 Å². The Balaban J connectivity index is 1.47. The van der Waals surface area contributed by atoms with Gasteiger partial charge in [-0.25, -0.2) is 0 Å². The van der Waals surface area contributed by atoms with Gasteiger partial charge in [0.25, 0.3) is 5.91 Å². The van der Waals surface area contributed by atoms with E-state index in [4.69, 9.17) is 4.74 Å². The molecule has 2 N–H and O–H groups in total. The molecule has 6 nitrogen and oxygen atoms in total. The molecule has 7 heteroatoms. The van der Waals surface area contributed by atoms with Crippen LogP contribution in [0.25, 0.3) is 0 Å². The lowest BCUT2D eigenvalue weighted by molar-refractivity contribution is -0.121. The Labute approximate surface area is 176 Å². The number of likely N-dealkylation sites (tertiary alicyclic amines) is 1. The van der Waals surface area contributed by atoms with Crippen LogP contribution in [-0.4, -0.2) is 50.0 Å². The summed E-state index contributed by atoms with van der Waals surface area (Å²) in [7, 11) is 1.68. The maximum Gasteiger partial charge on any atom is 0.252 e. The number of carbonyl (C=O) groups excluding carboxylic acids is 2.